The number of anilines is 2. The van der Waals surface area contributed by atoms with Crippen molar-refractivity contribution in [3.05, 3.63) is 130 Å². The summed E-state index contributed by atoms with van der Waals surface area (Å²) in [4.78, 5) is 37.6. The Kier molecular flexibility index (Phi) is 6.16. The van der Waals surface area contributed by atoms with Crippen molar-refractivity contribution < 1.29 is 14.0 Å². The smallest absolute Gasteiger partial charge is 0.344 e. The number of hydrogen-bond acceptors (Lipinski definition) is 4. The lowest BCUT2D eigenvalue weighted by Crippen LogP contribution is -2.13. The first-order valence-corrected chi connectivity index (χ1v) is 11.4. The molecule has 0 aliphatic rings. The molecule has 0 fully saturated rings. The van der Waals surface area contributed by atoms with Crippen molar-refractivity contribution in [1.82, 2.24) is 0 Å². The predicted molar refractivity (Wildman–Crippen MR) is 141 cm³/mol. The molecule has 0 aliphatic heterocycles. The summed E-state index contributed by atoms with van der Waals surface area (Å²) in [7, 11) is 0. The number of fused-ring (bicyclic) bond motifs is 1. The SMILES string of the molecule is Cc1cccc(C(=O)Nc2ccc(NC(=O)c3ccc(-c4cc5ccccc5oc4=O)cc3)cc2)c1. The van der Waals surface area contributed by atoms with Gasteiger partial charge in [0.25, 0.3) is 11.8 Å². The van der Waals surface area contributed by atoms with Crippen molar-refractivity contribution >= 4 is 34.2 Å². The number of carbonyl (C=O) groups is 2. The van der Waals surface area contributed by atoms with E-state index in [9.17, 15) is 14.4 Å². The topological polar surface area (TPSA) is 88.4 Å². The summed E-state index contributed by atoms with van der Waals surface area (Å²) in [6.45, 7) is 1.93. The summed E-state index contributed by atoms with van der Waals surface area (Å²) >= 11 is 0. The minimum atomic E-state index is -0.430. The van der Waals surface area contributed by atoms with Crippen LogP contribution < -0.4 is 16.3 Å². The Morgan fingerprint density at radius 3 is 1.97 bits per heavy atom. The highest BCUT2D eigenvalue weighted by Crippen LogP contribution is 2.22. The van der Waals surface area contributed by atoms with Gasteiger partial charge in [0.05, 0.1) is 5.56 Å². The molecule has 4 aromatic carbocycles. The summed E-state index contributed by atoms with van der Waals surface area (Å²) in [5.41, 5.74) is 4.45. The van der Waals surface area contributed by atoms with Gasteiger partial charge in [-0.25, -0.2) is 4.79 Å². The van der Waals surface area contributed by atoms with Crippen LogP contribution in [-0.4, -0.2) is 11.8 Å². The fraction of sp³-hybridized carbons (Fsp3) is 0.0333. The Morgan fingerprint density at radius 2 is 1.31 bits per heavy atom. The third-order valence-corrected chi connectivity index (χ3v) is 5.78. The fourth-order valence-electron chi connectivity index (χ4n) is 3.89. The van der Waals surface area contributed by atoms with Crippen LogP contribution in [0.1, 0.15) is 26.3 Å². The molecule has 0 spiro atoms. The molecule has 176 valence electrons. The van der Waals surface area contributed by atoms with E-state index in [1.54, 1.807) is 66.7 Å². The number of amides is 2. The van der Waals surface area contributed by atoms with Gasteiger partial charge in [0, 0.05) is 27.9 Å². The molecule has 5 rings (SSSR count). The summed E-state index contributed by atoms with van der Waals surface area (Å²) in [6, 6.07) is 30.1. The Morgan fingerprint density at radius 1 is 0.667 bits per heavy atom. The quantitative estimate of drug-likeness (QED) is 0.294. The molecule has 0 radical (unpaired) electrons. The number of hydrogen-bond donors (Lipinski definition) is 2. The largest absolute Gasteiger partial charge is 0.422 e. The Labute approximate surface area is 207 Å². The number of carbonyl (C=O) groups excluding carboxylic acids is 2. The second-order valence-electron chi connectivity index (χ2n) is 8.42. The number of rotatable bonds is 5. The van der Waals surface area contributed by atoms with E-state index in [0.29, 0.717) is 39.2 Å². The molecule has 6 nitrogen and oxygen atoms in total. The minimum Gasteiger partial charge on any atom is -0.422 e. The minimum absolute atomic E-state index is 0.198. The van der Waals surface area contributed by atoms with Crippen molar-refractivity contribution in [2.75, 3.05) is 10.6 Å². The van der Waals surface area contributed by atoms with Gasteiger partial charge in [-0.1, -0.05) is 48.0 Å². The van der Waals surface area contributed by atoms with E-state index in [1.807, 2.05) is 43.3 Å². The Balaban J connectivity index is 1.26. The first kappa shape index (κ1) is 22.8. The number of para-hydroxylation sites is 1. The third kappa shape index (κ3) is 4.93. The second kappa shape index (κ2) is 9.72. The van der Waals surface area contributed by atoms with Crippen LogP contribution >= 0.6 is 0 Å². The summed E-state index contributed by atoms with van der Waals surface area (Å²) in [5.74, 6) is -0.486. The van der Waals surface area contributed by atoms with E-state index in [-0.39, 0.29) is 11.8 Å². The fourth-order valence-corrected chi connectivity index (χ4v) is 3.89. The molecule has 2 amide bonds. The van der Waals surface area contributed by atoms with Gasteiger partial charge in [-0.15, -0.1) is 0 Å². The number of aryl methyl sites for hydroxylation is 1. The first-order valence-electron chi connectivity index (χ1n) is 11.4. The maximum absolute atomic E-state index is 12.7. The first-order chi connectivity index (χ1) is 17.5. The second-order valence-corrected chi connectivity index (χ2v) is 8.42. The Hall–Kier alpha value is -4.97. The lowest BCUT2D eigenvalue weighted by molar-refractivity contribution is 0.101. The number of nitrogens with one attached hydrogen (secondary N) is 2. The van der Waals surface area contributed by atoms with Gasteiger partial charge in [0.2, 0.25) is 0 Å². The van der Waals surface area contributed by atoms with Crippen molar-refractivity contribution in [2.45, 2.75) is 6.92 Å². The molecule has 0 atom stereocenters. The normalized spacial score (nSPS) is 10.7. The predicted octanol–water partition coefficient (Wildman–Crippen LogP) is 6.27. The Bertz CT molecular complexity index is 1640. The highest BCUT2D eigenvalue weighted by molar-refractivity contribution is 6.06. The molecule has 0 saturated heterocycles. The van der Waals surface area contributed by atoms with Crippen molar-refractivity contribution in [3.63, 3.8) is 0 Å². The summed E-state index contributed by atoms with van der Waals surface area (Å²) in [6.07, 6.45) is 0. The molecule has 0 unspecified atom stereocenters. The van der Waals surface area contributed by atoms with E-state index in [2.05, 4.69) is 10.6 Å². The molecule has 36 heavy (non-hydrogen) atoms. The summed E-state index contributed by atoms with van der Waals surface area (Å²) < 4.78 is 5.41. The van der Waals surface area contributed by atoms with Crippen molar-refractivity contribution in [1.29, 1.82) is 0 Å². The van der Waals surface area contributed by atoms with Crippen LogP contribution in [0.4, 0.5) is 11.4 Å². The molecule has 0 bridgehead atoms. The molecule has 1 heterocycles. The molecule has 1 aromatic heterocycles. The van der Waals surface area contributed by atoms with Crippen LogP contribution in [0.2, 0.25) is 0 Å². The van der Waals surface area contributed by atoms with E-state index in [4.69, 9.17) is 4.42 Å². The van der Waals surface area contributed by atoms with Crippen molar-refractivity contribution in [3.8, 4) is 11.1 Å². The van der Waals surface area contributed by atoms with E-state index in [1.165, 1.54) is 0 Å². The van der Waals surface area contributed by atoms with E-state index < -0.39 is 5.63 Å². The van der Waals surface area contributed by atoms with Gasteiger partial charge >= 0.3 is 5.63 Å². The maximum Gasteiger partial charge on any atom is 0.344 e. The van der Waals surface area contributed by atoms with Crippen LogP contribution in [0, 0.1) is 6.92 Å². The monoisotopic (exact) mass is 474 g/mol. The zero-order chi connectivity index (χ0) is 25.1. The molecular formula is C30H22N2O4. The van der Waals surface area contributed by atoms with Gasteiger partial charge in [-0.3, -0.25) is 9.59 Å². The van der Waals surface area contributed by atoms with Crippen LogP contribution in [0.5, 0.6) is 0 Å². The lowest BCUT2D eigenvalue weighted by atomic mass is 10.0. The summed E-state index contributed by atoms with van der Waals surface area (Å²) in [5, 5.41) is 6.52. The van der Waals surface area contributed by atoms with Crippen LogP contribution in [0.3, 0.4) is 0 Å². The van der Waals surface area contributed by atoms with E-state index in [0.717, 1.165) is 10.9 Å². The molecule has 0 saturated carbocycles. The van der Waals surface area contributed by atoms with Crippen LogP contribution in [0.15, 0.2) is 112 Å². The standard InChI is InChI=1S/C30H22N2O4/c1-19-5-4-7-23(17-19)29(34)32-25-15-13-24(14-16-25)31-28(33)21-11-9-20(10-12-21)26-18-22-6-2-3-8-27(22)36-30(26)35/h2-18H,1H3,(H,31,33)(H,32,34). The van der Waals surface area contributed by atoms with Gasteiger partial charge in [-0.2, -0.15) is 0 Å². The molecular weight excluding hydrogens is 452 g/mol. The third-order valence-electron chi connectivity index (χ3n) is 5.78. The average molecular weight is 475 g/mol. The number of benzene rings is 4. The molecule has 0 aliphatic carbocycles. The van der Waals surface area contributed by atoms with Gasteiger partial charge < -0.3 is 15.1 Å². The van der Waals surface area contributed by atoms with Gasteiger partial charge in [-0.05, 0) is 73.2 Å². The highest BCUT2D eigenvalue weighted by atomic mass is 16.4. The average Bonchev–Trinajstić information content (AvgIpc) is 2.89. The molecule has 2 N–H and O–H groups in total. The lowest BCUT2D eigenvalue weighted by Gasteiger charge is -2.09. The maximum atomic E-state index is 12.7. The van der Waals surface area contributed by atoms with Crippen molar-refractivity contribution in [2.24, 2.45) is 0 Å². The highest BCUT2D eigenvalue weighted by Gasteiger charge is 2.11. The zero-order valence-corrected chi connectivity index (χ0v) is 19.4. The molecule has 5 aromatic rings. The van der Waals surface area contributed by atoms with Gasteiger partial charge in [0.1, 0.15) is 5.58 Å². The van der Waals surface area contributed by atoms with Gasteiger partial charge in [0.15, 0.2) is 0 Å². The van der Waals surface area contributed by atoms with E-state index >= 15 is 0 Å². The van der Waals surface area contributed by atoms with Crippen LogP contribution in [0.25, 0.3) is 22.1 Å². The zero-order valence-electron chi connectivity index (χ0n) is 19.4. The molecule has 6 heteroatoms. The van der Waals surface area contributed by atoms with Crippen LogP contribution in [-0.2, 0) is 0 Å².